The molecule has 0 aromatic heterocycles. The van der Waals surface area contributed by atoms with Crippen molar-refractivity contribution in [2.75, 3.05) is 27.7 Å². The Morgan fingerprint density at radius 3 is 1.76 bits per heavy atom. The molecule has 0 saturated carbocycles. The molecule has 0 spiro atoms. The molecule has 0 unspecified atom stereocenters. The molecule has 0 aliphatic heterocycles. The number of quaternary nitrogens is 1. The summed E-state index contributed by atoms with van der Waals surface area (Å²) in [7, 11) is 5.85. The summed E-state index contributed by atoms with van der Waals surface area (Å²) in [6.07, 6.45) is 26.4. The molecule has 33 heavy (non-hydrogen) atoms. The molecule has 0 saturated heterocycles. The smallest absolute Gasteiger partial charge is 0.307 e. The van der Waals surface area contributed by atoms with Crippen LogP contribution in [-0.2, 0) is 14.3 Å². The van der Waals surface area contributed by atoms with Crippen molar-refractivity contribution >= 4 is 11.9 Å². The van der Waals surface area contributed by atoms with Gasteiger partial charge in [0, 0.05) is 6.42 Å². The highest BCUT2D eigenvalue weighted by Gasteiger charge is 2.24. The number of hydrogen-bond acceptors (Lipinski definition) is 3. The summed E-state index contributed by atoms with van der Waals surface area (Å²) >= 11 is 0. The Kier molecular flexibility index (Phi) is 22.2. The average molecular weight is 484 g/mol. The molecule has 0 amide bonds. The monoisotopic (exact) mass is 483 g/mol. The maximum atomic E-state index is 12.0. The lowest BCUT2D eigenvalue weighted by Gasteiger charge is -2.28. The van der Waals surface area contributed by atoms with Gasteiger partial charge in [-0.1, -0.05) is 68.4 Å². The van der Waals surface area contributed by atoms with E-state index in [-0.39, 0.29) is 24.8 Å². The first-order valence-electron chi connectivity index (χ1n) is 12.1. The lowest BCUT2D eigenvalue weighted by molar-refractivity contribution is -0.873. The predicted molar refractivity (Wildman–Crippen MR) is 133 cm³/mol. The van der Waals surface area contributed by atoms with Gasteiger partial charge < -0.3 is 26.7 Å². The number of rotatable bonds is 19. The molecule has 0 aromatic rings. The van der Waals surface area contributed by atoms with Crippen LogP contribution in [0, 0.1) is 0 Å². The topological polar surface area (TPSA) is 63.6 Å². The van der Waals surface area contributed by atoms with E-state index in [1.165, 1.54) is 25.7 Å². The number of hydrogen-bond donors (Lipinski definition) is 1. The number of unbranched alkanes of at least 4 members (excludes halogenated alkanes) is 4. The van der Waals surface area contributed by atoms with Gasteiger partial charge in [-0.25, -0.2) is 0 Å². The highest BCUT2D eigenvalue weighted by Crippen LogP contribution is 2.08. The number of carbonyl (C=O) groups excluding carboxylic acids is 1. The van der Waals surface area contributed by atoms with Gasteiger partial charge in [0.15, 0.2) is 6.10 Å². The second-order valence-corrected chi connectivity index (χ2v) is 9.16. The van der Waals surface area contributed by atoms with E-state index in [2.05, 4.69) is 55.5 Å². The maximum absolute atomic E-state index is 12.0. The Morgan fingerprint density at radius 2 is 1.30 bits per heavy atom. The number of esters is 1. The molecule has 190 valence electrons. The highest BCUT2D eigenvalue weighted by molar-refractivity contribution is 5.71. The standard InChI is InChI=1S/C27H45NO4.ClH/c1-5-6-7-8-9-10-11-12-13-14-15-16-17-18-19-20-21-22-27(31)32-25(23-26(29)30)24-28(2,3)4;/h9-10,12-13,15-16,18-19,25H,5-8,11,14,17,20-24H2,1-4H3;1H/b10-9+,13-12+,16-15+,19-18+;/t25-;/m1./s1. The third-order valence-electron chi connectivity index (χ3n) is 4.66. The van der Waals surface area contributed by atoms with Gasteiger partial charge in [0.2, 0.25) is 0 Å². The number of allylic oxidation sites excluding steroid dienone is 8. The summed E-state index contributed by atoms with van der Waals surface area (Å²) < 4.78 is 5.93. The van der Waals surface area contributed by atoms with Crippen LogP contribution < -0.4 is 12.4 Å². The highest BCUT2D eigenvalue weighted by atomic mass is 35.5. The summed E-state index contributed by atoms with van der Waals surface area (Å²) in [6.45, 7) is 2.71. The zero-order valence-electron chi connectivity index (χ0n) is 21.2. The quantitative estimate of drug-likeness (QED) is 0.133. The molecule has 1 atom stereocenters. The van der Waals surface area contributed by atoms with E-state index in [0.717, 1.165) is 25.7 Å². The molecule has 0 aliphatic carbocycles. The largest absolute Gasteiger partial charge is 1.00 e. The first-order chi connectivity index (χ1) is 15.2. The van der Waals surface area contributed by atoms with Crippen molar-refractivity contribution in [1.29, 1.82) is 0 Å². The van der Waals surface area contributed by atoms with Gasteiger partial charge in [-0.3, -0.25) is 9.59 Å². The molecule has 1 N–H and O–H groups in total. The van der Waals surface area contributed by atoms with Gasteiger partial charge in [0.25, 0.3) is 0 Å². The Morgan fingerprint density at radius 1 is 0.818 bits per heavy atom. The van der Waals surface area contributed by atoms with Crippen LogP contribution in [0.2, 0.25) is 0 Å². The van der Waals surface area contributed by atoms with Crippen molar-refractivity contribution in [1.82, 2.24) is 0 Å². The summed E-state index contributed by atoms with van der Waals surface area (Å²) in [6, 6.07) is 0. The molecule has 0 aliphatic rings. The fourth-order valence-electron chi connectivity index (χ4n) is 3.12. The molecule has 0 radical (unpaired) electrons. The second-order valence-electron chi connectivity index (χ2n) is 9.16. The lowest BCUT2D eigenvalue weighted by Crippen LogP contribution is -3.00. The SMILES string of the molecule is CCCCC/C=C/C/C=C/C/C=C/C/C=C/CCCC(=O)O[C@H](CC(=O)O)C[N+](C)(C)C.[Cl-]. The van der Waals surface area contributed by atoms with Crippen LogP contribution in [-0.4, -0.2) is 55.3 Å². The van der Waals surface area contributed by atoms with Crippen LogP contribution in [0.4, 0.5) is 0 Å². The number of aliphatic carboxylic acids is 1. The summed E-state index contributed by atoms with van der Waals surface area (Å²) in [5.41, 5.74) is 0. The van der Waals surface area contributed by atoms with Crippen LogP contribution in [0.3, 0.4) is 0 Å². The number of ether oxygens (including phenoxy) is 1. The number of carbonyl (C=O) groups is 2. The van der Waals surface area contributed by atoms with Crippen molar-refractivity contribution in [2.24, 2.45) is 0 Å². The van der Waals surface area contributed by atoms with Crippen LogP contribution in [0.15, 0.2) is 48.6 Å². The fourth-order valence-corrected chi connectivity index (χ4v) is 3.12. The van der Waals surface area contributed by atoms with E-state index < -0.39 is 12.1 Å². The first kappa shape index (κ1) is 33.3. The van der Waals surface area contributed by atoms with Crippen LogP contribution in [0.25, 0.3) is 0 Å². The number of likely N-dealkylation sites (N-methyl/N-ethyl adjacent to an activating group) is 1. The van der Waals surface area contributed by atoms with Crippen LogP contribution >= 0.6 is 0 Å². The third-order valence-corrected chi connectivity index (χ3v) is 4.66. The van der Waals surface area contributed by atoms with E-state index in [1.54, 1.807) is 0 Å². The van der Waals surface area contributed by atoms with Gasteiger partial charge in [-0.15, -0.1) is 0 Å². The minimum Gasteiger partial charge on any atom is -1.00 e. The molecule has 0 fully saturated rings. The minimum atomic E-state index is -0.947. The summed E-state index contributed by atoms with van der Waals surface area (Å²) in [4.78, 5) is 23.0. The second kappa shape index (κ2) is 22.0. The van der Waals surface area contributed by atoms with Crippen molar-refractivity contribution in [3.63, 3.8) is 0 Å². The number of halogens is 1. The molecule has 6 heteroatoms. The molecular formula is C27H46ClNO4. The van der Waals surface area contributed by atoms with Gasteiger partial charge in [0.1, 0.15) is 6.54 Å². The zero-order chi connectivity index (χ0) is 24.1. The van der Waals surface area contributed by atoms with Crippen molar-refractivity contribution in [3.05, 3.63) is 48.6 Å². The predicted octanol–water partition coefficient (Wildman–Crippen LogP) is 3.23. The van der Waals surface area contributed by atoms with Gasteiger partial charge in [-0.2, -0.15) is 0 Å². The first-order valence-corrected chi connectivity index (χ1v) is 12.1. The Hall–Kier alpha value is -1.85. The zero-order valence-corrected chi connectivity index (χ0v) is 21.9. The molecular weight excluding hydrogens is 438 g/mol. The van der Waals surface area contributed by atoms with Crippen molar-refractivity contribution < 1.29 is 36.3 Å². The maximum Gasteiger partial charge on any atom is 0.307 e. The number of carboxylic acids is 1. The van der Waals surface area contributed by atoms with Gasteiger partial charge >= 0.3 is 11.9 Å². The molecule has 0 rings (SSSR count). The van der Waals surface area contributed by atoms with E-state index >= 15 is 0 Å². The average Bonchev–Trinajstić information content (AvgIpc) is 2.68. The van der Waals surface area contributed by atoms with E-state index in [1.807, 2.05) is 21.1 Å². The Labute approximate surface area is 208 Å². The molecule has 5 nitrogen and oxygen atoms in total. The van der Waals surface area contributed by atoms with Crippen molar-refractivity contribution in [2.45, 2.75) is 83.7 Å². The lowest BCUT2D eigenvalue weighted by atomic mass is 10.2. The minimum absolute atomic E-state index is 0. The van der Waals surface area contributed by atoms with Crippen LogP contribution in [0.1, 0.15) is 77.6 Å². The summed E-state index contributed by atoms with van der Waals surface area (Å²) in [5.74, 6) is -1.27. The third kappa shape index (κ3) is 26.3. The normalized spacial score (nSPS) is 13.2. The van der Waals surface area contributed by atoms with E-state index in [0.29, 0.717) is 23.9 Å². The Bertz CT molecular complexity index is 618. The van der Waals surface area contributed by atoms with Gasteiger partial charge in [-0.05, 0) is 44.9 Å². The Balaban J connectivity index is 0. The van der Waals surface area contributed by atoms with Crippen molar-refractivity contribution in [3.8, 4) is 0 Å². The van der Waals surface area contributed by atoms with E-state index in [4.69, 9.17) is 9.84 Å². The molecule has 0 bridgehead atoms. The molecule has 0 heterocycles. The fraction of sp³-hybridized carbons (Fsp3) is 0.630. The van der Waals surface area contributed by atoms with E-state index in [9.17, 15) is 9.59 Å². The molecule has 0 aromatic carbocycles. The number of carboxylic acid groups (broad SMARTS) is 1. The number of nitrogens with zero attached hydrogens (tertiary/aromatic N) is 1. The summed E-state index contributed by atoms with van der Waals surface area (Å²) in [5, 5.41) is 9.01. The van der Waals surface area contributed by atoms with Gasteiger partial charge in [0.05, 0.1) is 27.6 Å². The van der Waals surface area contributed by atoms with Crippen LogP contribution in [0.5, 0.6) is 0 Å².